The predicted molar refractivity (Wildman–Crippen MR) is 74.7 cm³/mol. The van der Waals surface area contributed by atoms with E-state index in [-0.39, 0.29) is 0 Å². The third-order valence-corrected chi connectivity index (χ3v) is 4.08. The number of fused-ring (bicyclic) bond motifs is 1. The van der Waals surface area contributed by atoms with Crippen LogP contribution in [0, 0.1) is 0 Å². The van der Waals surface area contributed by atoms with Gasteiger partial charge in [0.25, 0.3) is 0 Å². The molecule has 3 rings (SSSR count). The molecular formula is C14H21N5. The van der Waals surface area contributed by atoms with Crippen LogP contribution >= 0.6 is 0 Å². The fourth-order valence-corrected chi connectivity index (χ4v) is 3.04. The van der Waals surface area contributed by atoms with E-state index in [1.54, 1.807) is 0 Å². The lowest BCUT2D eigenvalue weighted by Crippen LogP contribution is -2.34. The summed E-state index contributed by atoms with van der Waals surface area (Å²) < 4.78 is 2.11. The molecule has 5 nitrogen and oxygen atoms in total. The van der Waals surface area contributed by atoms with Crippen LogP contribution in [-0.4, -0.2) is 32.6 Å². The van der Waals surface area contributed by atoms with Gasteiger partial charge < -0.3 is 5.73 Å². The molecule has 0 spiro atoms. The Kier molecular flexibility index (Phi) is 3.48. The van der Waals surface area contributed by atoms with Gasteiger partial charge in [-0.3, -0.25) is 9.30 Å². The maximum Gasteiger partial charge on any atom is 0.165 e. The fourth-order valence-electron chi connectivity index (χ4n) is 3.04. The van der Waals surface area contributed by atoms with E-state index in [0.717, 1.165) is 30.1 Å². The van der Waals surface area contributed by atoms with Crippen LogP contribution in [0.4, 0.5) is 0 Å². The Morgan fingerprint density at radius 3 is 3.05 bits per heavy atom. The van der Waals surface area contributed by atoms with Gasteiger partial charge in [0.05, 0.1) is 6.04 Å². The summed E-state index contributed by atoms with van der Waals surface area (Å²) >= 11 is 0. The average molecular weight is 259 g/mol. The van der Waals surface area contributed by atoms with E-state index < -0.39 is 0 Å². The molecule has 2 aromatic heterocycles. The van der Waals surface area contributed by atoms with Crippen molar-refractivity contribution >= 4 is 5.65 Å². The zero-order chi connectivity index (χ0) is 13.2. The number of rotatable bonds is 3. The minimum Gasteiger partial charge on any atom is -0.326 e. The van der Waals surface area contributed by atoms with Crippen LogP contribution in [0.2, 0.25) is 0 Å². The molecule has 3 heterocycles. The van der Waals surface area contributed by atoms with Crippen LogP contribution in [0.15, 0.2) is 18.3 Å². The smallest absolute Gasteiger partial charge is 0.165 e. The summed E-state index contributed by atoms with van der Waals surface area (Å²) in [4.78, 5) is 2.50. The van der Waals surface area contributed by atoms with Crippen molar-refractivity contribution in [3.05, 3.63) is 29.7 Å². The van der Waals surface area contributed by atoms with Gasteiger partial charge in [0, 0.05) is 18.3 Å². The maximum atomic E-state index is 5.77. The summed E-state index contributed by atoms with van der Waals surface area (Å²) in [7, 11) is 0. The van der Waals surface area contributed by atoms with E-state index in [0.29, 0.717) is 12.6 Å². The maximum absolute atomic E-state index is 5.77. The van der Waals surface area contributed by atoms with Crippen molar-refractivity contribution in [2.24, 2.45) is 5.73 Å². The molecule has 0 amide bonds. The molecule has 0 radical (unpaired) electrons. The summed E-state index contributed by atoms with van der Waals surface area (Å²) in [6.07, 6.45) is 5.77. The zero-order valence-electron chi connectivity index (χ0n) is 11.4. The minimum absolute atomic E-state index is 0.391. The fraction of sp³-hybridized carbons (Fsp3) is 0.571. The van der Waals surface area contributed by atoms with Crippen LogP contribution in [0.25, 0.3) is 5.65 Å². The molecule has 1 saturated heterocycles. The highest BCUT2D eigenvalue weighted by molar-refractivity contribution is 5.47. The first-order valence-corrected chi connectivity index (χ1v) is 7.11. The quantitative estimate of drug-likeness (QED) is 0.912. The summed E-state index contributed by atoms with van der Waals surface area (Å²) in [6, 6.07) is 4.44. The largest absolute Gasteiger partial charge is 0.326 e. The van der Waals surface area contributed by atoms with E-state index in [1.165, 1.54) is 19.3 Å². The third kappa shape index (κ3) is 2.13. The van der Waals surface area contributed by atoms with Gasteiger partial charge in [-0.25, -0.2) is 0 Å². The highest BCUT2D eigenvalue weighted by atomic mass is 15.3. The topological polar surface area (TPSA) is 59.5 Å². The lowest BCUT2D eigenvalue weighted by atomic mass is 10.0. The molecule has 102 valence electrons. The van der Waals surface area contributed by atoms with Crippen LogP contribution < -0.4 is 5.73 Å². The molecule has 1 aliphatic heterocycles. The Labute approximate surface area is 113 Å². The molecule has 0 aliphatic carbocycles. The van der Waals surface area contributed by atoms with Crippen LogP contribution in [0.3, 0.4) is 0 Å². The SMILES string of the molecule is CCN1CCCCC1c1nnc2c(CN)cccn12. The lowest BCUT2D eigenvalue weighted by Gasteiger charge is -2.33. The molecule has 19 heavy (non-hydrogen) atoms. The molecule has 1 aliphatic rings. The Bertz CT molecular complexity index is 562. The number of nitrogens with two attached hydrogens (primary N) is 1. The normalized spacial score (nSPS) is 21.1. The molecule has 0 bridgehead atoms. The number of pyridine rings is 1. The summed E-state index contributed by atoms with van der Waals surface area (Å²) in [5.41, 5.74) is 7.73. The van der Waals surface area contributed by atoms with Gasteiger partial charge in [-0.15, -0.1) is 10.2 Å². The molecular weight excluding hydrogens is 238 g/mol. The van der Waals surface area contributed by atoms with Gasteiger partial charge in [0.2, 0.25) is 0 Å². The zero-order valence-corrected chi connectivity index (χ0v) is 11.4. The molecule has 2 aromatic rings. The Balaban J connectivity index is 2.05. The van der Waals surface area contributed by atoms with Gasteiger partial charge in [-0.2, -0.15) is 0 Å². The number of hydrogen-bond acceptors (Lipinski definition) is 4. The first-order valence-electron chi connectivity index (χ1n) is 7.11. The van der Waals surface area contributed by atoms with Crippen molar-refractivity contribution in [3.63, 3.8) is 0 Å². The number of nitrogens with zero attached hydrogens (tertiary/aromatic N) is 4. The van der Waals surface area contributed by atoms with Crippen molar-refractivity contribution in [2.45, 2.75) is 38.8 Å². The molecule has 0 aromatic carbocycles. The standard InChI is InChI=1S/C14H21N5/c1-2-18-8-4-3-7-12(18)14-17-16-13-11(10-15)6-5-9-19(13)14/h5-6,9,12H,2-4,7-8,10,15H2,1H3. The molecule has 5 heteroatoms. The van der Waals surface area contributed by atoms with Crippen LogP contribution in [0.5, 0.6) is 0 Å². The second kappa shape index (κ2) is 5.27. The lowest BCUT2D eigenvalue weighted by molar-refractivity contribution is 0.149. The predicted octanol–water partition coefficient (Wildman–Crippen LogP) is 1.73. The number of hydrogen-bond donors (Lipinski definition) is 1. The molecule has 1 atom stereocenters. The van der Waals surface area contributed by atoms with Crippen molar-refractivity contribution < 1.29 is 0 Å². The van der Waals surface area contributed by atoms with E-state index in [2.05, 4.69) is 26.4 Å². The van der Waals surface area contributed by atoms with Crippen LogP contribution in [-0.2, 0) is 6.54 Å². The summed E-state index contributed by atoms with van der Waals surface area (Å²) in [5, 5.41) is 8.78. The van der Waals surface area contributed by atoms with Crippen molar-refractivity contribution in [1.82, 2.24) is 19.5 Å². The second-order valence-corrected chi connectivity index (χ2v) is 5.13. The van der Waals surface area contributed by atoms with Gasteiger partial charge in [0.15, 0.2) is 11.5 Å². The Morgan fingerprint density at radius 1 is 1.37 bits per heavy atom. The molecule has 1 unspecified atom stereocenters. The van der Waals surface area contributed by atoms with Crippen LogP contribution in [0.1, 0.15) is 43.6 Å². The number of piperidine rings is 1. The van der Waals surface area contributed by atoms with Crippen molar-refractivity contribution in [3.8, 4) is 0 Å². The van der Waals surface area contributed by atoms with E-state index in [4.69, 9.17) is 5.73 Å². The van der Waals surface area contributed by atoms with E-state index in [1.807, 2.05) is 18.3 Å². The highest BCUT2D eigenvalue weighted by Gasteiger charge is 2.26. The Hall–Kier alpha value is -1.46. The van der Waals surface area contributed by atoms with E-state index >= 15 is 0 Å². The molecule has 0 saturated carbocycles. The van der Waals surface area contributed by atoms with Gasteiger partial charge >= 0.3 is 0 Å². The summed E-state index contributed by atoms with van der Waals surface area (Å²) in [6.45, 7) is 4.94. The average Bonchev–Trinajstić information content (AvgIpc) is 2.90. The molecule has 2 N–H and O–H groups in total. The third-order valence-electron chi connectivity index (χ3n) is 4.08. The number of likely N-dealkylation sites (tertiary alicyclic amines) is 1. The number of aromatic nitrogens is 3. The van der Waals surface area contributed by atoms with Crippen molar-refractivity contribution in [2.75, 3.05) is 13.1 Å². The molecule has 1 fully saturated rings. The monoisotopic (exact) mass is 259 g/mol. The van der Waals surface area contributed by atoms with E-state index in [9.17, 15) is 0 Å². The second-order valence-electron chi connectivity index (χ2n) is 5.13. The summed E-state index contributed by atoms with van der Waals surface area (Å²) in [5.74, 6) is 1.06. The highest BCUT2D eigenvalue weighted by Crippen LogP contribution is 2.29. The van der Waals surface area contributed by atoms with Gasteiger partial charge in [-0.05, 0) is 32.0 Å². The minimum atomic E-state index is 0.391. The first kappa shape index (κ1) is 12.6. The van der Waals surface area contributed by atoms with Crippen molar-refractivity contribution in [1.29, 1.82) is 0 Å². The van der Waals surface area contributed by atoms with Gasteiger partial charge in [0.1, 0.15) is 0 Å². The Morgan fingerprint density at radius 2 is 2.26 bits per heavy atom. The first-order chi connectivity index (χ1) is 9.35. The van der Waals surface area contributed by atoms with Gasteiger partial charge in [-0.1, -0.05) is 19.4 Å².